The van der Waals surface area contributed by atoms with Gasteiger partial charge in [-0.1, -0.05) is 17.7 Å². The zero-order valence-corrected chi connectivity index (χ0v) is 20.0. The van der Waals surface area contributed by atoms with Crippen molar-refractivity contribution in [3.8, 4) is 28.5 Å². The summed E-state index contributed by atoms with van der Waals surface area (Å²) in [5.41, 5.74) is 8.67. The van der Waals surface area contributed by atoms with Crippen molar-refractivity contribution in [3.05, 3.63) is 62.9 Å². The Morgan fingerprint density at radius 3 is 2.83 bits per heavy atom. The first-order valence-electron chi connectivity index (χ1n) is 11.3. The van der Waals surface area contributed by atoms with Crippen LogP contribution in [0.2, 0.25) is 5.02 Å². The van der Waals surface area contributed by atoms with E-state index in [4.69, 9.17) is 17.3 Å². The molecule has 0 amide bonds. The summed E-state index contributed by atoms with van der Waals surface area (Å²) in [6.07, 6.45) is 3.58. The van der Waals surface area contributed by atoms with Crippen LogP contribution in [0.3, 0.4) is 0 Å². The summed E-state index contributed by atoms with van der Waals surface area (Å²) in [5.74, 6) is -0.676. The van der Waals surface area contributed by atoms with Gasteiger partial charge >= 0.3 is 0 Å². The van der Waals surface area contributed by atoms with E-state index in [2.05, 4.69) is 33.2 Å². The van der Waals surface area contributed by atoms with Gasteiger partial charge in [-0.2, -0.15) is 15.5 Å². The van der Waals surface area contributed by atoms with E-state index in [9.17, 15) is 10.1 Å². The topological polar surface area (TPSA) is 117 Å². The smallest absolute Gasteiger partial charge is 0.272 e. The predicted molar refractivity (Wildman–Crippen MR) is 134 cm³/mol. The number of aromatic nitrogens is 4. The van der Waals surface area contributed by atoms with Gasteiger partial charge < -0.3 is 10.6 Å². The second-order valence-corrected chi connectivity index (χ2v) is 9.14. The van der Waals surface area contributed by atoms with E-state index in [0.29, 0.717) is 39.0 Å². The first-order chi connectivity index (χ1) is 16.8. The first kappa shape index (κ1) is 23.0. The van der Waals surface area contributed by atoms with Crippen molar-refractivity contribution in [2.24, 2.45) is 12.8 Å². The Balaban J connectivity index is 1.78. The van der Waals surface area contributed by atoms with E-state index in [-0.39, 0.29) is 34.3 Å². The number of aromatic amines is 1. The van der Waals surface area contributed by atoms with Crippen LogP contribution in [0.4, 0.5) is 10.1 Å². The molecular formula is C25H23ClFN7O. The molecule has 178 valence electrons. The molecule has 1 aliphatic heterocycles. The Hall–Kier alpha value is -3.74. The zero-order valence-electron chi connectivity index (χ0n) is 19.3. The SMILES string of the molecule is CC1CCCN1c1cc(Cl)c(F)c(-c2c(-c3ccc4c(=O)[nH]nc(CN)c4c3)cnn2C)c1C#N. The lowest BCUT2D eigenvalue weighted by Gasteiger charge is -2.26. The molecule has 8 nitrogen and oxygen atoms in total. The molecule has 2 aromatic carbocycles. The highest BCUT2D eigenvalue weighted by Crippen LogP contribution is 2.43. The molecule has 1 atom stereocenters. The third kappa shape index (κ3) is 3.66. The van der Waals surface area contributed by atoms with Gasteiger partial charge in [0.1, 0.15) is 6.07 Å². The lowest BCUT2D eigenvalue weighted by molar-refractivity contribution is 0.627. The number of rotatable bonds is 4. The normalized spacial score (nSPS) is 15.7. The highest BCUT2D eigenvalue weighted by molar-refractivity contribution is 6.31. The van der Waals surface area contributed by atoms with Crippen molar-refractivity contribution in [2.45, 2.75) is 32.4 Å². The van der Waals surface area contributed by atoms with Crippen LogP contribution in [0.25, 0.3) is 33.2 Å². The molecule has 10 heteroatoms. The Bertz CT molecular complexity index is 1570. The number of nitrogens with two attached hydrogens (primary N) is 1. The van der Waals surface area contributed by atoms with E-state index >= 15 is 4.39 Å². The van der Waals surface area contributed by atoms with Crippen molar-refractivity contribution in [1.82, 2.24) is 20.0 Å². The lowest BCUT2D eigenvalue weighted by Crippen LogP contribution is -2.27. The third-order valence-electron chi connectivity index (χ3n) is 6.72. The molecule has 1 unspecified atom stereocenters. The highest BCUT2D eigenvalue weighted by Gasteiger charge is 2.30. The molecule has 35 heavy (non-hydrogen) atoms. The van der Waals surface area contributed by atoms with Gasteiger partial charge in [0.15, 0.2) is 5.82 Å². The van der Waals surface area contributed by atoms with E-state index in [1.54, 1.807) is 31.4 Å². The van der Waals surface area contributed by atoms with Gasteiger partial charge in [-0.05, 0) is 43.5 Å². The summed E-state index contributed by atoms with van der Waals surface area (Å²) in [5, 5.41) is 22.0. The standard InChI is InChI=1S/C25H23ClFN7O/c1-13-4-3-7-34(13)21-9-19(26)23(27)22(17(21)10-28)24-18(12-30-33(24)2)14-5-6-15-16(8-14)20(11-29)31-32-25(15)35/h5-6,8-9,12-13H,3-4,7,11,29H2,1-2H3,(H,32,35). The van der Waals surface area contributed by atoms with Crippen LogP contribution >= 0.6 is 11.6 Å². The fourth-order valence-electron chi connectivity index (χ4n) is 4.95. The quantitative estimate of drug-likeness (QED) is 0.444. The number of benzene rings is 2. The minimum atomic E-state index is -0.676. The van der Waals surface area contributed by atoms with Crippen molar-refractivity contribution in [3.63, 3.8) is 0 Å². The lowest BCUT2D eigenvalue weighted by atomic mass is 9.94. The zero-order chi connectivity index (χ0) is 24.9. The van der Waals surface area contributed by atoms with E-state index in [1.807, 2.05) is 0 Å². The molecule has 3 heterocycles. The number of nitriles is 1. The maximum absolute atomic E-state index is 15.7. The molecule has 3 N–H and O–H groups in total. The summed E-state index contributed by atoms with van der Waals surface area (Å²) >= 11 is 6.38. The number of fused-ring (bicyclic) bond motifs is 1. The Labute approximate surface area is 205 Å². The van der Waals surface area contributed by atoms with Crippen LogP contribution in [0.15, 0.2) is 35.3 Å². The second kappa shape index (κ2) is 8.80. The summed E-state index contributed by atoms with van der Waals surface area (Å²) in [6.45, 7) is 2.99. The van der Waals surface area contributed by atoms with Crippen molar-refractivity contribution in [2.75, 3.05) is 11.4 Å². The summed E-state index contributed by atoms with van der Waals surface area (Å²) in [7, 11) is 1.69. The maximum atomic E-state index is 15.7. The molecule has 0 bridgehead atoms. The number of halogens is 2. The monoisotopic (exact) mass is 491 g/mol. The van der Waals surface area contributed by atoms with Gasteiger partial charge in [0.2, 0.25) is 0 Å². The number of aryl methyl sites for hydroxylation is 1. The van der Waals surface area contributed by atoms with Crippen LogP contribution in [-0.4, -0.2) is 32.6 Å². The number of hydrogen-bond donors (Lipinski definition) is 2. The molecule has 1 saturated heterocycles. The molecular weight excluding hydrogens is 469 g/mol. The molecule has 1 aliphatic rings. The van der Waals surface area contributed by atoms with Crippen molar-refractivity contribution < 1.29 is 4.39 Å². The number of anilines is 1. The third-order valence-corrected chi connectivity index (χ3v) is 7.00. The number of hydrogen-bond acceptors (Lipinski definition) is 6. The molecule has 2 aromatic heterocycles. The maximum Gasteiger partial charge on any atom is 0.272 e. The molecule has 5 rings (SSSR count). The molecule has 0 spiro atoms. The minimum Gasteiger partial charge on any atom is -0.368 e. The Morgan fingerprint density at radius 1 is 1.34 bits per heavy atom. The Kier molecular flexibility index (Phi) is 5.79. The Morgan fingerprint density at radius 2 is 2.14 bits per heavy atom. The van der Waals surface area contributed by atoms with E-state index in [1.165, 1.54) is 10.7 Å². The van der Waals surface area contributed by atoms with E-state index in [0.717, 1.165) is 19.4 Å². The van der Waals surface area contributed by atoms with Crippen molar-refractivity contribution >= 4 is 28.1 Å². The van der Waals surface area contributed by atoms with Crippen LogP contribution in [0.1, 0.15) is 31.0 Å². The van der Waals surface area contributed by atoms with Gasteiger partial charge in [0.25, 0.3) is 5.56 Å². The number of nitrogens with one attached hydrogen (secondary N) is 1. The molecule has 4 aromatic rings. The molecule has 0 aliphatic carbocycles. The van der Waals surface area contributed by atoms with Gasteiger partial charge in [0.05, 0.1) is 44.8 Å². The number of nitrogens with zero attached hydrogens (tertiary/aromatic N) is 5. The summed E-state index contributed by atoms with van der Waals surface area (Å²) in [6, 6.07) is 9.21. The second-order valence-electron chi connectivity index (χ2n) is 8.73. The summed E-state index contributed by atoms with van der Waals surface area (Å²) in [4.78, 5) is 14.4. The minimum absolute atomic E-state index is 0.0556. The fraction of sp³-hybridized carbons (Fsp3) is 0.280. The van der Waals surface area contributed by atoms with Crippen LogP contribution in [0.5, 0.6) is 0 Å². The van der Waals surface area contributed by atoms with E-state index < -0.39 is 5.82 Å². The average Bonchev–Trinajstić information content (AvgIpc) is 3.45. The van der Waals surface area contributed by atoms with Gasteiger partial charge in [-0.25, -0.2) is 9.49 Å². The van der Waals surface area contributed by atoms with Gasteiger partial charge in [0, 0.05) is 37.1 Å². The molecule has 0 saturated carbocycles. The highest BCUT2D eigenvalue weighted by atomic mass is 35.5. The average molecular weight is 492 g/mol. The first-order valence-corrected chi connectivity index (χ1v) is 11.7. The molecule has 0 radical (unpaired) electrons. The summed E-state index contributed by atoms with van der Waals surface area (Å²) < 4.78 is 17.2. The van der Waals surface area contributed by atoms with Gasteiger partial charge in [-0.3, -0.25) is 9.48 Å². The van der Waals surface area contributed by atoms with Crippen molar-refractivity contribution in [1.29, 1.82) is 5.26 Å². The van der Waals surface area contributed by atoms with Crippen LogP contribution in [-0.2, 0) is 13.6 Å². The molecule has 1 fully saturated rings. The largest absolute Gasteiger partial charge is 0.368 e. The van der Waals surface area contributed by atoms with Crippen LogP contribution in [0, 0.1) is 17.1 Å². The fourth-order valence-corrected chi connectivity index (χ4v) is 5.15. The van der Waals surface area contributed by atoms with Crippen LogP contribution < -0.4 is 16.2 Å². The predicted octanol–water partition coefficient (Wildman–Crippen LogP) is 4.10. The number of H-pyrrole nitrogens is 1. The van der Waals surface area contributed by atoms with Gasteiger partial charge in [-0.15, -0.1) is 0 Å².